The van der Waals surface area contributed by atoms with E-state index in [-0.39, 0.29) is 0 Å². The lowest BCUT2D eigenvalue weighted by atomic mass is 10.2. The van der Waals surface area contributed by atoms with E-state index in [1.54, 1.807) is 16.4 Å². The van der Waals surface area contributed by atoms with Crippen molar-refractivity contribution in [3.05, 3.63) is 102 Å². The van der Waals surface area contributed by atoms with Crippen molar-refractivity contribution in [1.29, 1.82) is 0 Å². The smallest absolute Gasteiger partial charge is 0.207 e. The molecule has 3 nitrogen and oxygen atoms in total. The number of nitrogens with zero attached hydrogens (tertiary/aromatic N) is 1. The van der Waals surface area contributed by atoms with Crippen LogP contribution in [0.2, 0.25) is 0 Å². The maximum absolute atomic E-state index is 13.3. The van der Waals surface area contributed by atoms with Crippen molar-refractivity contribution in [3.8, 4) is 0 Å². The highest BCUT2D eigenvalue weighted by molar-refractivity contribution is 7.89. The zero-order valence-corrected chi connectivity index (χ0v) is 15.7. The summed E-state index contributed by atoms with van der Waals surface area (Å²) >= 11 is 0. The van der Waals surface area contributed by atoms with E-state index in [4.69, 9.17) is 0 Å². The summed E-state index contributed by atoms with van der Waals surface area (Å²) in [5.41, 5.74) is 3.07. The van der Waals surface area contributed by atoms with Gasteiger partial charge in [-0.05, 0) is 35.2 Å². The van der Waals surface area contributed by atoms with Crippen molar-refractivity contribution in [3.63, 3.8) is 0 Å². The average Bonchev–Trinajstić information content (AvgIpc) is 2.69. The number of rotatable bonds is 7. The molecule has 0 saturated carbocycles. The number of benzene rings is 3. The van der Waals surface area contributed by atoms with E-state index in [1.165, 1.54) is 0 Å². The predicted molar refractivity (Wildman–Crippen MR) is 105 cm³/mol. The predicted octanol–water partition coefficient (Wildman–Crippen LogP) is 4.64. The van der Waals surface area contributed by atoms with Crippen LogP contribution in [0.4, 0.5) is 0 Å². The molecule has 3 aromatic rings. The molecule has 0 heterocycles. The zero-order chi connectivity index (χ0) is 18.4. The van der Waals surface area contributed by atoms with E-state index in [1.807, 2.05) is 72.8 Å². The molecule has 3 aromatic carbocycles. The minimum absolute atomic E-state index is 0.335. The van der Waals surface area contributed by atoms with Crippen molar-refractivity contribution in [1.82, 2.24) is 4.31 Å². The van der Waals surface area contributed by atoms with Crippen LogP contribution < -0.4 is 0 Å². The Morgan fingerprint density at radius 3 is 1.54 bits per heavy atom. The molecule has 0 bridgehead atoms. The Morgan fingerprint density at radius 2 is 1.12 bits per heavy atom. The maximum Gasteiger partial charge on any atom is 0.243 e. The summed E-state index contributed by atoms with van der Waals surface area (Å²) in [7, 11) is -3.59. The second kappa shape index (κ2) is 8.30. The van der Waals surface area contributed by atoms with E-state index >= 15 is 0 Å². The van der Waals surface area contributed by atoms with Crippen LogP contribution in [-0.2, 0) is 29.5 Å². The van der Waals surface area contributed by atoms with Gasteiger partial charge in [0, 0.05) is 13.1 Å². The topological polar surface area (TPSA) is 37.4 Å². The summed E-state index contributed by atoms with van der Waals surface area (Å²) < 4.78 is 28.1. The Labute approximate surface area is 156 Å². The number of hydrogen-bond donors (Lipinski definition) is 0. The maximum atomic E-state index is 13.3. The van der Waals surface area contributed by atoms with Gasteiger partial charge in [0.2, 0.25) is 10.0 Å². The molecule has 4 heteroatoms. The molecule has 0 N–H and O–H groups in total. The van der Waals surface area contributed by atoms with Crippen LogP contribution in [0.25, 0.3) is 0 Å². The van der Waals surface area contributed by atoms with Gasteiger partial charge >= 0.3 is 0 Å². The second-order valence-corrected chi connectivity index (χ2v) is 8.18. The standard InChI is InChI=1S/C22H23NO2S/c1-2-19-13-15-22(16-14-19)26(24,25)23(17-20-9-5-3-6-10-20)18-21-11-7-4-8-12-21/h3-16H,2,17-18H2,1H3. The van der Waals surface area contributed by atoms with Crippen molar-refractivity contribution >= 4 is 10.0 Å². The molecule has 134 valence electrons. The number of aryl methyl sites for hydroxylation is 1. The summed E-state index contributed by atoms with van der Waals surface area (Å²) in [5, 5.41) is 0. The van der Waals surface area contributed by atoms with Gasteiger partial charge in [0.1, 0.15) is 0 Å². The quantitative estimate of drug-likeness (QED) is 0.612. The van der Waals surface area contributed by atoms with E-state index in [0.717, 1.165) is 23.1 Å². The Hall–Kier alpha value is -2.43. The molecule has 0 radical (unpaired) electrons. The average molecular weight is 365 g/mol. The van der Waals surface area contributed by atoms with Crippen LogP contribution in [0.1, 0.15) is 23.6 Å². The first-order chi connectivity index (χ1) is 12.6. The van der Waals surface area contributed by atoms with E-state index < -0.39 is 10.0 Å². The van der Waals surface area contributed by atoms with Gasteiger partial charge in [0.05, 0.1) is 4.90 Å². The van der Waals surface area contributed by atoms with Crippen LogP contribution in [0.5, 0.6) is 0 Å². The van der Waals surface area contributed by atoms with Gasteiger partial charge in [-0.3, -0.25) is 0 Å². The molecule has 0 aliphatic heterocycles. The summed E-state index contributed by atoms with van der Waals surface area (Å²) in [6.45, 7) is 2.74. The molecule has 0 saturated heterocycles. The van der Waals surface area contributed by atoms with Gasteiger partial charge in [-0.1, -0.05) is 79.7 Å². The van der Waals surface area contributed by atoms with Crippen LogP contribution in [0.3, 0.4) is 0 Å². The first kappa shape index (κ1) is 18.4. The lowest BCUT2D eigenvalue weighted by Gasteiger charge is -2.23. The number of hydrogen-bond acceptors (Lipinski definition) is 2. The van der Waals surface area contributed by atoms with Gasteiger partial charge in [-0.2, -0.15) is 4.31 Å². The Kier molecular flexibility index (Phi) is 5.86. The monoisotopic (exact) mass is 365 g/mol. The Balaban J connectivity index is 1.94. The molecule has 0 fully saturated rings. The van der Waals surface area contributed by atoms with Gasteiger partial charge in [0.15, 0.2) is 0 Å². The molecule has 0 spiro atoms. The molecule has 26 heavy (non-hydrogen) atoms. The van der Waals surface area contributed by atoms with Gasteiger partial charge in [0.25, 0.3) is 0 Å². The molecule has 0 aliphatic rings. The third-order valence-electron chi connectivity index (χ3n) is 4.37. The molecule has 3 rings (SSSR count). The summed E-state index contributed by atoms with van der Waals surface area (Å²) in [6.07, 6.45) is 0.887. The Morgan fingerprint density at radius 1 is 0.654 bits per heavy atom. The minimum Gasteiger partial charge on any atom is -0.207 e. The fourth-order valence-electron chi connectivity index (χ4n) is 2.85. The van der Waals surface area contributed by atoms with Crippen LogP contribution in [-0.4, -0.2) is 12.7 Å². The molecular weight excluding hydrogens is 342 g/mol. The highest BCUT2D eigenvalue weighted by atomic mass is 32.2. The Bertz CT molecular complexity index is 879. The van der Waals surface area contributed by atoms with E-state index in [0.29, 0.717) is 18.0 Å². The normalized spacial score (nSPS) is 11.6. The van der Waals surface area contributed by atoms with Crippen molar-refractivity contribution < 1.29 is 8.42 Å². The van der Waals surface area contributed by atoms with Crippen LogP contribution in [0.15, 0.2) is 89.8 Å². The number of sulfonamides is 1. The molecule has 0 unspecified atom stereocenters. The third-order valence-corrected chi connectivity index (χ3v) is 6.18. The SMILES string of the molecule is CCc1ccc(S(=O)(=O)N(Cc2ccccc2)Cc2ccccc2)cc1. The largest absolute Gasteiger partial charge is 0.243 e. The molecular formula is C22H23NO2S. The molecule has 0 aromatic heterocycles. The molecule has 0 amide bonds. The first-order valence-electron chi connectivity index (χ1n) is 8.76. The van der Waals surface area contributed by atoms with Crippen LogP contribution in [0, 0.1) is 0 Å². The first-order valence-corrected chi connectivity index (χ1v) is 10.2. The van der Waals surface area contributed by atoms with Gasteiger partial charge in [-0.25, -0.2) is 8.42 Å². The van der Waals surface area contributed by atoms with E-state index in [2.05, 4.69) is 6.92 Å². The minimum atomic E-state index is -3.59. The lowest BCUT2D eigenvalue weighted by Crippen LogP contribution is -2.30. The fourth-order valence-corrected chi connectivity index (χ4v) is 4.26. The fraction of sp³-hybridized carbons (Fsp3) is 0.182. The lowest BCUT2D eigenvalue weighted by molar-refractivity contribution is 0.401. The summed E-state index contributed by atoms with van der Waals surface area (Å²) in [4.78, 5) is 0.335. The molecule has 0 atom stereocenters. The highest BCUT2D eigenvalue weighted by Crippen LogP contribution is 2.21. The van der Waals surface area contributed by atoms with Crippen molar-refractivity contribution in [2.75, 3.05) is 0 Å². The molecule has 0 aliphatic carbocycles. The second-order valence-electron chi connectivity index (χ2n) is 6.24. The third kappa shape index (κ3) is 4.40. The van der Waals surface area contributed by atoms with Crippen molar-refractivity contribution in [2.45, 2.75) is 31.3 Å². The highest BCUT2D eigenvalue weighted by Gasteiger charge is 2.24. The van der Waals surface area contributed by atoms with Gasteiger partial charge in [-0.15, -0.1) is 0 Å². The van der Waals surface area contributed by atoms with Crippen molar-refractivity contribution in [2.24, 2.45) is 0 Å². The summed E-state index contributed by atoms with van der Waals surface area (Å²) in [5.74, 6) is 0. The van der Waals surface area contributed by atoms with E-state index in [9.17, 15) is 8.42 Å². The zero-order valence-electron chi connectivity index (χ0n) is 14.9. The van der Waals surface area contributed by atoms with Gasteiger partial charge < -0.3 is 0 Å². The summed E-state index contributed by atoms with van der Waals surface area (Å²) in [6, 6.07) is 26.6. The van der Waals surface area contributed by atoms with Crippen LogP contribution >= 0.6 is 0 Å².